The quantitative estimate of drug-likeness (QED) is 0.743. The number of thioether (sulfide) groups is 1. The fourth-order valence-corrected chi connectivity index (χ4v) is 3.02. The van der Waals surface area contributed by atoms with E-state index in [-0.39, 0.29) is 0 Å². The highest BCUT2D eigenvalue weighted by atomic mass is 35.5. The van der Waals surface area contributed by atoms with Crippen molar-refractivity contribution in [1.29, 1.82) is 0 Å². The summed E-state index contributed by atoms with van der Waals surface area (Å²) in [6.45, 7) is 3.97. The minimum Gasteiger partial charge on any atom is -0.496 e. The molecule has 4 heteroatoms. The average Bonchev–Trinajstić information content (AvgIpc) is 2.52. The Bertz CT molecular complexity index is 572. The van der Waals surface area contributed by atoms with Crippen LogP contribution in [0, 0.1) is 0 Å². The second-order valence-corrected chi connectivity index (χ2v) is 6.15. The van der Waals surface area contributed by atoms with E-state index in [1.165, 1.54) is 16.0 Å². The van der Waals surface area contributed by atoms with Crippen LogP contribution < -0.4 is 10.1 Å². The molecule has 0 heterocycles. The standard InChI is InChI=1S/C17H20ClNOS/c1-3-19-11-13-4-9-17(20-2)14(10-13)12-21-16-7-5-15(18)6-8-16/h4-10,19H,3,11-12H2,1-2H3. The fraction of sp³-hybridized carbons (Fsp3) is 0.294. The van der Waals surface area contributed by atoms with Crippen LogP contribution in [-0.4, -0.2) is 13.7 Å². The van der Waals surface area contributed by atoms with Crippen LogP contribution in [0.5, 0.6) is 5.75 Å². The molecule has 0 fully saturated rings. The van der Waals surface area contributed by atoms with Crippen molar-refractivity contribution < 1.29 is 4.74 Å². The van der Waals surface area contributed by atoms with Gasteiger partial charge < -0.3 is 10.1 Å². The van der Waals surface area contributed by atoms with E-state index in [0.29, 0.717) is 0 Å². The van der Waals surface area contributed by atoms with Crippen LogP contribution in [0.15, 0.2) is 47.4 Å². The largest absolute Gasteiger partial charge is 0.496 e. The van der Waals surface area contributed by atoms with Crippen LogP contribution >= 0.6 is 23.4 Å². The van der Waals surface area contributed by atoms with Crippen LogP contribution in [0.3, 0.4) is 0 Å². The summed E-state index contributed by atoms with van der Waals surface area (Å²) in [4.78, 5) is 1.21. The monoisotopic (exact) mass is 321 g/mol. The van der Waals surface area contributed by atoms with Crippen molar-refractivity contribution >= 4 is 23.4 Å². The van der Waals surface area contributed by atoms with Gasteiger partial charge in [0.2, 0.25) is 0 Å². The number of hydrogen-bond donors (Lipinski definition) is 1. The predicted octanol–water partition coefficient (Wildman–Crippen LogP) is 4.75. The number of nitrogens with one attached hydrogen (secondary N) is 1. The van der Waals surface area contributed by atoms with Gasteiger partial charge in [0, 0.05) is 27.8 Å². The SMILES string of the molecule is CCNCc1ccc(OC)c(CSc2ccc(Cl)cc2)c1. The predicted molar refractivity (Wildman–Crippen MR) is 91.4 cm³/mol. The molecule has 0 radical (unpaired) electrons. The molecule has 0 bridgehead atoms. The van der Waals surface area contributed by atoms with Gasteiger partial charge >= 0.3 is 0 Å². The second-order valence-electron chi connectivity index (χ2n) is 4.67. The lowest BCUT2D eigenvalue weighted by atomic mass is 10.1. The van der Waals surface area contributed by atoms with Crippen LogP contribution in [-0.2, 0) is 12.3 Å². The van der Waals surface area contributed by atoms with Crippen molar-refractivity contribution in [3.8, 4) is 5.75 Å². The van der Waals surface area contributed by atoms with E-state index >= 15 is 0 Å². The zero-order valence-corrected chi connectivity index (χ0v) is 13.9. The molecule has 0 saturated carbocycles. The highest BCUT2D eigenvalue weighted by molar-refractivity contribution is 7.98. The average molecular weight is 322 g/mol. The minimum atomic E-state index is 0.768. The van der Waals surface area contributed by atoms with Gasteiger partial charge in [0.05, 0.1) is 7.11 Å². The summed E-state index contributed by atoms with van der Waals surface area (Å²) < 4.78 is 5.46. The summed E-state index contributed by atoms with van der Waals surface area (Å²) >= 11 is 7.69. The summed E-state index contributed by atoms with van der Waals surface area (Å²) in [7, 11) is 1.72. The van der Waals surface area contributed by atoms with Crippen molar-refractivity contribution in [3.63, 3.8) is 0 Å². The van der Waals surface area contributed by atoms with E-state index in [1.807, 2.05) is 30.3 Å². The van der Waals surface area contributed by atoms with E-state index in [1.54, 1.807) is 18.9 Å². The van der Waals surface area contributed by atoms with Gasteiger partial charge in [-0.05, 0) is 48.5 Å². The lowest BCUT2D eigenvalue weighted by molar-refractivity contribution is 0.411. The molecule has 1 N–H and O–H groups in total. The lowest BCUT2D eigenvalue weighted by Crippen LogP contribution is -2.11. The third kappa shape index (κ3) is 4.95. The first-order chi connectivity index (χ1) is 10.2. The summed E-state index contributed by atoms with van der Waals surface area (Å²) in [5.41, 5.74) is 2.50. The van der Waals surface area contributed by atoms with Gasteiger partial charge in [0.15, 0.2) is 0 Å². The third-order valence-electron chi connectivity index (χ3n) is 3.13. The van der Waals surface area contributed by atoms with Crippen LogP contribution in [0.1, 0.15) is 18.1 Å². The molecule has 2 aromatic rings. The van der Waals surface area contributed by atoms with E-state index < -0.39 is 0 Å². The van der Waals surface area contributed by atoms with Crippen molar-refractivity contribution in [2.24, 2.45) is 0 Å². The number of rotatable bonds is 7. The fourth-order valence-electron chi connectivity index (χ4n) is 2.02. The minimum absolute atomic E-state index is 0.768. The maximum Gasteiger partial charge on any atom is 0.122 e. The van der Waals surface area contributed by atoms with E-state index in [0.717, 1.165) is 29.6 Å². The van der Waals surface area contributed by atoms with Crippen molar-refractivity contribution in [2.75, 3.05) is 13.7 Å². The first-order valence-electron chi connectivity index (χ1n) is 6.97. The Morgan fingerprint density at radius 3 is 2.57 bits per heavy atom. The molecule has 0 atom stereocenters. The molecule has 112 valence electrons. The molecule has 2 rings (SSSR count). The van der Waals surface area contributed by atoms with Crippen molar-refractivity contribution in [2.45, 2.75) is 24.1 Å². The van der Waals surface area contributed by atoms with Crippen LogP contribution in [0.2, 0.25) is 5.02 Å². The molecule has 0 aliphatic rings. The normalized spacial score (nSPS) is 10.6. The molecular formula is C17H20ClNOS. The van der Waals surface area contributed by atoms with Crippen molar-refractivity contribution in [1.82, 2.24) is 5.32 Å². The van der Waals surface area contributed by atoms with E-state index in [4.69, 9.17) is 16.3 Å². The van der Waals surface area contributed by atoms with Gasteiger partial charge in [-0.25, -0.2) is 0 Å². The molecule has 0 aromatic heterocycles. The summed E-state index contributed by atoms with van der Waals surface area (Å²) in [5, 5.41) is 4.12. The number of halogens is 1. The highest BCUT2D eigenvalue weighted by Crippen LogP contribution is 2.29. The molecule has 0 amide bonds. The lowest BCUT2D eigenvalue weighted by Gasteiger charge is -2.11. The Morgan fingerprint density at radius 2 is 1.90 bits per heavy atom. The first-order valence-corrected chi connectivity index (χ1v) is 8.34. The van der Waals surface area contributed by atoms with Gasteiger partial charge in [-0.15, -0.1) is 11.8 Å². The van der Waals surface area contributed by atoms with E-state index in [9.17, 15) is 0 Å². The van der Waals surface area contributed by atoms with Gasteiger partial charge in [-0.1, -0.05) is 24.6 Å². The second kappa shape index (κ2) is 8.32. The summed E-state index contributed by atoms with van der Waals surface area (Å²) in [6.07, 6.45) is 0. The van der Waals surface area contributed by atoms with Gasteiger partial charge in [0.25, 0.3) is 0 Å². The zero-order valence-electron chi connectivity index (χ0n) is 12.4. The Labute approximate surface area is 135 Å². The number of benzene rings is 2. The molecule has 2 aromatic carbocycles. The molecule has 0 aliphatic heterocycles. The summed E-state index contributed by atoms with van der Waals surface area (Å²) in [6, 6.07) is 14.3. The molecule has 0 saturated heterocycles. The molecule has 2 nitrogen and oxygen atoms in total. The maximum absolute atomic E-state index is 5.91. The Morgan fingerprint density at radius 1 is 1.14 bits per heavy atom. The summed E-state index contributed by atoms with van der Waals surface area (Å²) in [5.74, 6) is 1.82. The van der Waals surface area contributed by atoms with Crippen molar-refractivity contribution in [3.05, 3.63) is 58.6 Å². The highest BCUT2D eigenvalue weighted by Gasteiger charge is 2.06. The Kier molecular flexibility index (Phi) is 6.43. The van der Waals surface area contributed by atoms with Crippen LogP contribution in [0.4, 0.5) is 0 Å². The van der Waals surface area contributed by atoms with Gasteiger partial charge in [-0.3, -0.25) is 0 Å². The molecule has 0 unspecified atom stereocenters. The Balaban J connectivity index is 2.07. The van der Waals surface area contributed by atoms with E-state index in [2.05, 4.69) is 24.4 Å². The molecular weight excluding hydrogens is 302 g/mol. The Hall–Kier alpha value is -1.16. The molecule has 0 aliphatic carbocycles. The van der Waals surface area contributed by atoms with Crippen LogP contribution in [0.25, 0.3) is 0 Å². The van der Waals surface area contributed by atoms with Gasteiger partial charge in [0.1, 0.15) is 5.75 Å². The number of methoxy groups -OCH3 is 1. The molecule has 21 heavy (non-hydrogen) atoms. The smallest absolute Gasteiger partial charge is 0.122 e. The number of ether oxygens (including phenoxy) is 1. The third-order valence-corrected chi connectivity index (χ3v) is 4.44. The topological polar surface area (TPSA) is 21.3 Å². The maximum atomic E-state index is 5.91. The van der Waals surface area contributed by atoms with Gasteiger partial charge in [-0.2, -0.15) is 0 Å². The zero-order chi connectivity index (χ0) is 15.1. The first kappa shape index (κ1) is 16.2. The molecule has 0 spiro atoms. The number of hydrogen-bond acceptors (Lipinski definition) is 3.